The number of aliphatic carboxylic acids is 1. The van der Waals surface area contributed by atoms with E-state index in [2.05, 4.69) is 5.32 Å². The molecule has 1 aromatic rings. The molecule has 21 heavy (non-hydrogen) atoms. The van der Waals surface area contributed by atoms with Crippen LogP contribution in [-0.4, -0.2) is 23.0 Å². The molecule has 5 heteroatoms. The third-order valence-electron chi connectivity index (χ3n) is 4.13. The van der Waals surface area contributed by atoms with Crippen LogP contribution in [0.4, 0.5) is 4.39 Å². The molecule has 4 nitrogen and oxygen atoms in total. The first-order valence-corrected chi connectivity index (χ1v) is 7.30. The SMILES string of the molecule is CCC(C(=O)N[C@@H]1CC[C@H](C(=O)O)C1)c1ccc(F)cc1. The second kappa shape index (κ2) is 6.70. The summed E-state index contributed by atoms with van der Waals surface area (Å²) in [5, 5.41) is 11.9. The van der Waals surface area contributed by atoms with Gasteiger partial charge in [0.15, 0.2) is 0 Å². The molecule has 1 saturated carbocycles. The Labute approximate surface area is 123 Å². The molecule has 2 N–H and O–H groups in total. The fourth-order valence-corrected chi connectivity index (χ4v) is 2.91. The third-order valence-corrected chi connectivity index (χ3v) is 4.13. The van der Waals surface area contributed by atoms with Gasteiger partial charge < -0.3 is 10.4 Å². The fourth-order valence-electron chi connectivity index (χ4n) is 2.91. The maximum Gasteiger partial charge on any atom is 0.306 e. The molecule has 0 aliphatic heterocycles. The lowest BCUT2D eigenvalue weighted by Crippen LogP contribution is -2.36. The van der Waals surface area contributed by atoms with Crippen molar-refractivity contribution >= 4 is 11.9 Å². The van der Waals surface area contributed by atoms with Crippen LogP contribution in [0.15, 0.2) is 24.3 Å². The van der Waals surface area contributed by atoms with Crippen LogP contribution in [0, 0.1) is 11.7 Å². The Kier molecular flexibility index (Phi) is 4.94. The number of benzene rings is 1. The van der Waals surface area contributed by atoms with Gasteiger partial charge in [0, 0.05) is 6.04 Å². The molecule has 114 valence electrons. The highest BCUT2D eigenvalue weighted by molar-refractivity contribution is 5.84. The lowest BCUT2D eigenvalue weighted by Gasteiger charge is -2.19. The zero-order chi connectivity index (χ0) is 15.4. The van der Waals surface area contributed by atoms with Gasteiger partial charge in [0.1, 0.15) is 5.82 Å². The zero-order valence-electron chi connectivity index (χ0n) is 12.0. The Morgan fingerprint density at radius 1 is 1.33 bits per heavy atom. The highest BCUT2D eigenvalue weighted by Crippen LogP contribution is 2.27. The molecule has 1 unspecified atom stereocenters. The van der Waals surface area contributed by atoms with Crippen molar-refractivity contribution in [3.05, 3.63) is 35.6 Å². The first kappa shape index (κ1) is 15.5. The summed E-state index contributed by atoms with van der Waals surface area (Å²) in [5.74, 6) is -1.91. The molecule has 1 aliphatic rings. The number of carboxylic acid groups (broad SMARTS) is 1. The largest absolute Gasteiger partial charge is 0.481 e. The standard InChI is InChI=1S/C16H20FNO3/c1-2-14(10-3-6-12(17)7-4-10)15(19)18-13-8-5-11(9-13)16(20)21/h3-4,6-7,11,13-14H,2,5,8-9H2,1H3,(H,18,19)(H,20,21)/t11-,13+,14?/m0/s1. The minimum Gasteiger partial charge on any atom is -0.481 e. The summed E-state index contributed by atoms with van der Waals surface area (Å²) in [7, 11) is 0. The second-order valence-electron chi connectivity index (χ2n) is 5.57. The molecule has 0 radical (unpaired) electrons. The molecule has 1 fully saturated rings. The maximum atomic E-state index is 12.9. The van der Waals surface area contributed by atoms with Crippen molar-refractivity contribution in [1.82, 2.24) is 5.32 Å². The average molecular weight is 293 g/mol. The van der Waals surface area contributed by atoms with Crippen molar-refractivity contribution in [2.24, 2.45) is 5.92 Å². The Balaban J connectivity index is 1.98. The minimum atomic E-state index is -0.794. The monoisotopic (exact) mass is 293 g/mol. The van der Waals surface area contributed by atoms with Gasteiger partial charge in [-0.1, -0.05) is 19.1 Å². The van der Waals surface area contributed by atoms with E-state index in [0.717, 1.165) is 5.56 Å². The van der Waals surface area contributed by atoms with E-state index in [0.29, 0.717) is 25.7 Å². The van der Waals surface area contributed by atoms with Crippen LogP contribution >= 0.6 is 0 Å². The number of rotatable bonds is 5. The van der Waals surface area contributed by atoms with Gasteiger partial charge in [-0.25, -0.2) is 4.39 Å². The predicted molar refractivity (Wildman–Crippen MR) is 76.3 cm³/mol. The van der Waals surface area contributed by atoms with Crippen molar-refractivity contribution in [3.8, 4) is 0 Å². The van der Waals surface area contributed by atoms with Gasteiger partial charge in [-0.2, -0.15) is 0 Å². The lowest BCUT2D eigenvalue weighted by atomic mass is 9.95. The molecule has 0 spiro atoms. The summed E-state index contributed by atoms with van der Waals surface area (Å²) in [6.07, 6.45) is 2.41. The minimum absolute atomic E-state index is 0.0758. The van der Waals surface area contributed by atoms with Gasteiger partial charge in [-0.15, -0.1) is 0 Å². The van der Waals surface area contributed by atoms with Crippen LogP contribution < -0.4 is 5.32 Å². The molecule has 0 aromatic heterocycles. The van der Waals surface area contributed by atoms with Crippen molar-refractivity contribution in [2.45, 2.75) is 44.6 Å². The number of carboxylic acids is 1. The van der Waals surface area contributed by atoms with Crippen LogP contribution in [0.3, 0.4) is 0 Å². The first-order valence-electron chi connectivity index (χ1n) is 7.30. The Hall–Kier alpha value is -1.91. The van der Waals surface area contributed by atoms with E-state index in [4.69, 9.17) is 5.11 Å². The van der Waals surface area contributed by atoms with Gasteiger partial charge in [0.25, 0.3) is 0 Å². The summed E-state index contributed by atoms with van der Waals surface area (Å²) in [5.41, 5.74) is 0.782. The van der Waals surface area contributed by atoms with E-state index in [1.807, 2.05) is 6.92 Å². The van der Waals surface area contributed by atoms with Gasteiger partial charge in [-0.3, -0.25) is 9.59 Å². The fraction of sp³-hybridized carbons (Fsp3) is 0.500. The van der Waals surface area contributed by atoms with Crippen LogP contribution in [0.25, 0.3) is 0 Å². The van der Waals surface area contributed by atoms with Gasteiger partial charge in [-0.05, 0) is 43.4 Å². The molecule has 1 aliphatic carbocycles. The molecular formula is C16H20FNO3. The van der Waals surface area contributed by atoms with Gasteiger partial charge in [0.2, 0.25) is 5.91 Å². The quantitative estimate of drug-likeness (QED) is 0.877. The summed E-state index contributed by atoms with van der Waals surface area (Å²) >= 11 is 0. The van der Waals surface area contributed by atoms with Crippen molar-refractivity contribution in [1.29, 1.82) is 0 Å². The number of carbonyl (C=O) groups is 2. The highest BCUT2D eigenvalue weighted by Gasteiger charge is 2.31. The van der Waals surface area contributed by atoms with Gasteiger partial charge in [0.05, 0.1) is 11.8 Å². The van der Waals surface area contributed by atoms with E-state index in [1.165, 1.54) is 12.1 Å². The number of halogens is 1. The number of hydrogen-bond donors (Lipinski definition) is 2. The Morgan fingerprint density at radius 2 is 2.00 bits per heavy atom. The molecule has 3 atom stereocenters. The smallest absolute Gasteiger partial charge is 0.306 e. The summed E-state index contributed by atoms with van der Waals surface area (Å²) in [6, 6.07) is 5.87. The van der Waals surface area contributed by atoms with Gasteiger partial charge >= 0.3 is 5.97 Å². The summed E-state index contributed by atoms with van der Waals surface area (Å²) in [6.45, 7) is 1.91. The van der Waals surface area contributed by atoms with E-state index < -0.39 is 5.97 Å². The number of carbonyl (C=O) groups excluding carboxylic acids is 1. The normalized spacial score (nSPS) is 22.8. The summed E-state index contributed by atoms with van der Waals surface area (Å²) in [4.78, 5) is 23.3. The van der Waals surface area contributed by atoms with E-state index >= 15 is 0 Å². The lowest BCUT2D eigenvalue weighted by molar-refractivity contribution is -0.141. The van der Waals surface area contributed by atoms with Crippen LogP contribution in [0.1, 0.15) is 44.1 Å². The van der Waals surface area contributed by atoms with E-state index in [9.17, 15) is 14.0 Å². The zero-order valence-corrected chi connectivity index (χ0v) is 12.0. The van der Waals surface area contributed by atoms with Crippen LogP contribution in [0.2, 0.25) is 0 Å². The predicted octanol–water partition coefficient (Wildman–Crippen LogP) is 2.69. The Bertz CT molecular complexity index is 515. The molecule has 2 rings (SSSR count). The molecule has 1 amide bonds. The van der Waals surface area contributed by atoms with E-state index in [1.54, 1.807) is 12.1 Å². The highest BCUT2D eigenvalue weighted by atomic mass is 19.1. The van der Waals surface area contributed by atoms with Crippen LogP contribution in [0.5, 0.6) is 0 Å². The number of nitrogens with one attached hydrogen (secondary N) is 1. The molecule has 0 saturated heterocycles. The molecule has 1 aromatic carbocycles. The second-order valence-corrected chi connectivity index (χ2v) is 5.57. The number of amides is 1. The topological polar surface area (TPSA) is 66.4 Å². The van der Waals surface area contributed by atoms with Crippen molar-refractivity contribution in [2.75, 3.05) is 0 Å². The van der Waals surface area contributed by atoms with E-state index in [-0.39, 0.29) is 29.6 Å². The van der Waals surface area contributed by atoms with Crippen LogP contribution in [-0.2, 0) is 9.59 Å². The number of hydrogen-bond acceptors (Lipinski definition) is 2. The van der Waals surface area contributed by atoms with Crippen molar-refractivity contribution < 1.29 is 19.1 Å². The molecule has 0 heterocycles. The molecular weight excluding hydrogens is 273 g/mol. The Morgan fingerprint density at radius 3 is 2.52 bits per heavy atom. The third kappa shape index (κ3) is 3.80. The first-order chi connectivity index (χ1) is 10.0. The average Bonchev–Trinajstić information content (AvgIpc) is 2.90. The maximum absolute atomic E-state index is 12.9. The molecule has 0 bridgehead atoms. The van der Waals surface area contributed by atoms with Crippen molar-refractivity contribution in [3.63, 3.8) is 0 Å². The summed E-state index contributed by atoms with van der Waals surface area (Å²) < 4.78 is 12.9.